The van der Waals surface area contributed by atoms with Gasteiger partial charge in [0.1, 0.15) is 30.3 Å². The Morgan fingerprint density at radius 3 is 1.92 bits per heavy atom. The van der Waals surface area contributed by atoms with Gasteiger partial charge in [-0.1, -0.05) is 99.3 Å². The standard InChI is InChI=1S/C16H15BrO2.C16H16O2.CH4/c1-16(11-19-16)13-8-5-9-14(15(13)17)18-10-12-6-3-2-4-7-12;1-11-13-8-5-9-14(15(13)16(11)17)18-10-12-6-3-2-4-7-12;/h2-9H,10-11H2,1H3;2-9,11,16-17H,10H2,1H3;1H4/t;11-,16+;/m.0./s1. The van der Waals surface area contributed by atoms with Crippen LogP contribution < -0.4 is 9.47 Å². The number of ether oxygens (including phenoxy) is 3. The van der Waals surface area contributed by atoms with E-state index in [9.17, 15) is 5.11 Å². The Kier molecular flexibility index (Phi) is 8.93. The van der Waals surface area contributed by atoms with Gasteiger partial charge in [-0.05, 0) is 51.7 Å². The highest BCUT2D eigenvalue weighted by atomic mass is 79.9. The molecule has 0 amide bonds. The molecular formula is C33H35BrO4. The molecule has 6 rings (SSSR count). The predicted octanol–water partition coefficient (Wildman–Crippen LogP) is 8.33. The van der Waals surface area contributed by atoms with E-state index >= 15 is 0 Å². The summed E-state index contributed by atoms with van der Waals surface area (Å²) in [5.41, 5.74) is 5.46. The van der Waals surface area contributed by atoms with Crippen LogP contribution in [0.15, 0.2) is 102 Å². The van der Waals surface area contributed by atoms with Gasteiger partial charge in [-0.2, -0.15) is 0 Å². The molecule has 0 spiro atoms. The fraction of sp³-hybridized carbons (Fsp3) is 0.273. The van der Waals surface area contributed by atoms with Crippen molar-refractivity contribution in [2.24, 2.45) is 0 Å². The van der Waals surface area contributed by atoms with Gasteiger partial charge in [-0.3, -0.25) is 0 Å². The second-order valence-corrected chi connectivity index (χ2v) is 10.5. The number of hydrogen-bond donors (Lipinski definition) is 1. The molecule has 0 saturated carbocycles. The molecule has 0 bridgehead atoms. The van der Waals surface area contributed by atoms with Gasteiger partial charge in [0.15, 0.2) is 0 Å². The molecule has 0 aromatic heterocycles. The first-order valence-electron chi connectivity index (χ1n) is 12.5. The van der Waals surface area contributed by atoms with Crippen molar-refractivity contribution in [1.29, 1.82) is 0 Å². The molecule has 0 radical (unpaired) electrons. The molecule has 2 aliphatic rings. The van der Waals surface area contributed by atoms with Gasteiger partial charge in [-0.25, -0.2) is 0 Å². The van der Waals surface area contributed by atoms with Crippen LogP contribution in [0.25, 0.3) is 0 Å². The highest BCUT2D eigenvalue weighted by Gasteiger charge is 2.43. The van der Waals surface area contributed by atoms with Gasteiger partial charge in [0.05, 0.1) is 17.2 Å². The highest BCUT2D eigenvalue weighted by molar-refractivity contribution is 9.10. The monoisotopic (exact) mass is 574 g/mol. The van der Waals surface area contributed by atoms with Crippen molar-refractivity contribution in [3.63, 3.8) is 0 Å². The molecule has 1 saturated heterocycles. The summed E-state index contributed by atoms with van der Waals surface area (Å²) in [5.74, 6) is 1.89. The van der Waals surface area contributed by atoms with Crippen molar-refractivity contribution in [1.82, 2.24) is 0 Å². The van der Waals surface area contributed by atoms with Gasteiger partial charge >= 0.3 is 0 Å². The molecule has 5 heteroatoms. The number of epoxide rings is 1. The van der Waals surface area contributed by atoms with Crippen LogP contribution in [0.3, 0.4) is 0 Å². The van der Waals surface area contributed by atoms with E-state index in [1.807, 2.05) is 79.7 Å². The van der Waals surface area contributed by atoms with Gasteiger partial charge in [0.2, 0.25) is 0 Å². The largest absolute Gasteiger partial charge is 0.489 e. The molecule has 38 heavy (non-hydrogen) atoms. The molecule has 1 heterocycles. The fourth-order valence-corrected chi connectivity index (χ4v) is 5.29. The normalized spacial score (nSPS) is 20.5. The van der Waals surface area contributed by atoms with E-state index in [0.29, 0.717) is 13.2 Å². The molecule has 1 aliphatic carbocycles. The van der Waals surface area contributed by atoms with E-state index in [1.165, 1.54) is 5.56 Å². The summed E-state index contributed by atoms with van der Waals surface area (Å²) in [6.45, 7) is 6.01. The lowest BCUT2D eigenvalue weighted by Gasteiger charge is -2.34. The van der Waals surface area contributed by atoms with E-state index in [1.54, 1.807) is 0 Å². The molecule has 4 aromatic rings. The average molecular weight is 576 g/mol. The smallest absolute Gasteiger partial charge is 0.134 e. The van der Waals surface area contributed by atoms with Crippen LogP contribution in [0.5, 0.6) is 11.5 Å². The van der Waals surface area contributed by atoms with Crippen LogP contribution in [-0.4, -0.2) is 11.7 Å². The topological polar surface area (TPSA) is 51.2 Å². The van der Waals surface area contributed by atoms with Crippen molar-refractivity contribution in [2.75, 3.05) is 6.61 Å². The third-order valence-corrected chi connectivity index (χ3v) is 7.76. The second kappa shape index (κ2) is 12.2. The molecule has 4 aromatic carbocycles. The number of rotatable bonds is 7. The Hall–Kier alpha value is -3.12. The number of halogens is 1. The fourth-order valence-electron chi connectivity index (χ4n) is 4.49. The lowest BCUT2D eigenvalue weighted by atomic mass is 9.75. The zero-order valence-corrected chi connectivity index (χ0v) is 22.6. The first kappa shape index (κ1) is 27.9. The van der Waals surface area contributed by atoms with Crippen molar-refractivity contribution in [3.05, 3.63) is 129 Å². The Bertz CT molecular complexity index is 1340. The van der Waals surface area contributed by atoms with E-state index in [4.69, 9.17) is 14.2 Å². The number of aliphatic hydroxyl groups is 1. The number of benzene rings is 4. The van der Waals surface area contributed by atoms with Crippen molar-refractivity contribution in [2.45, 2.75) is 52.1 Å². The number of hydrogen-bond acceptors (Lipinski definition) is 4. The Labute approximate surface area is 234 Å². The zero-order valence-electron chi connectivity index (χ0n) is 21.1. The van der Waals surface area contributed by atoms with Crippen LogP contribution in [0.4, 0.5) is 0 Å². The van der Waals surface area contributed by atoms with Crippen LogP contribution in [-0.2, 0) is 23.6 Å². The van der Waals surface area contributed by atoms with Gasteiger partial charge < -0.3 is 19.3 Å². The van der Waals surface area contributed by atoms with E-state index in [0.717, 1.165) is 44.8 Å². The first-order valence-corrected chi connectivity index (χ1v) is 13.3. The lowest BCUT2D eigenvalue weighted by Crippen LogP contribution is -2.22. The molecule has 198 valence electrons. The summed E-state index contributed by atoms with van der Waals surface area (Å²) in [4.78, 5) is 0. The summed E-state index contributed by atoms with van der Waals surface area (Å²) in [6, 6.07) is 32.2. The maximum Gasteiger partial charge on any atom is 0.134 e. The van der Waals surface area contributed by atoms with Crippen LogP contribution in [0.1, 0.15) is 61.1 Å². The Balaban J connectivity index is 0.000000173. The van der Waals surface area contributed by atoms with Crippen molar-refractivity contribution >= 4 is 15.9 Å². The van der Waals surface area contributed by atoms with Gasteiger partial charge in [0, 0.05) is 17.0 Å². The third kappa shape index (κ3) is 6.12. The van der Waals surface area contributed by atoms with E-state index in [-0.39, 0.29) is 25.0 Å². The van der Waals surface area contributed by atoms with Crippen LogP contribution in [0, 0.1) is 0 Å². The molecular weight excluding hydrogens is 540 g/mol. The maximum absolute atomic E-state index is 9.97. The minimum atomic E-state index is -0.382. The first-order chi connectivity index (χ1) is 18.0. The Morgan fingerprint density at radius 2 is 1.34 bits per heavy atom. The lowest BCUT2D eigenvalue weighted by molar-refractivity contribution is 0.116. The summed E-state index contributed by atoms with van der Waals surface area (Å²) < 4.78 is 18.2. The minimum absolute atomic E-state index is 0. The summed E-state index contributed by atoms with van der Waals surface area (Å²) in [5, 5.41) is 9.97. The molecule has 3 atom stereocenters. The predicted molar refractivity (Wildman–Crippen MR) is 156 cm³/mol. The average Bonchev–Trinajstić information content (AvgIpc) is 3.70. The van der Waals surface area contributed by atoms with Crippen molar-refractivity contribution < 1.29 is 19.3 Å². The Morgan fingerprint density at radius 1 is 0.816 bits per heavy atom. The number of fused-ring (bicyclic) bond motifs is 1. The summed E-state index contributed by atoms with van der Waals surface area (Å²) in [7, 11) is 0. The van der Waals surface area contributed by atoms with Crippen LogP contribution >= 0.6 is 15.9 Å². The minimum Gasteiger partial charge on any atom is -0.489 e. The number of aliphatic hydroxyl groups excluding tert-OH is 1. The second-order valence-electron chi connectivity index (χ2n) is 9.68. The SMILES string of the molecule is C.CC1(c2cccc(OCc3ccccc3)c2Br)CO1.C[C@H]1c2cccc(OCc3ccccc3)c2[C@@H]1O. The van der Waals surface area contributed by atoms with Gasteiger partial charge in [-0.15, -0.1) is 0 Å². The summed E-state index contributed by atoms with van der Waals surface area (Å²) in [6.07, 6.45) is -0.382. The third-order valence-electron chi connectivity index (χ3n) is 6.94. The van der Waals surface area contributed by atoms with E-state index < -0.39 is 0 Å². The molecule has 1 unspecified atom stereocenters. The molecule has 1 fully saturated rings. The maximum atomic E-state index is 9.97. The quantitative estimate of drug-likeness (QED) is 0.225. The van der Waals surface area contributed by atoms with Crippen LogP contribution in [0.2, 0.25) is 0 Å². The highest BCUT2D eigenvalue weighted by Crippen LogP contribution is 2.49. The van der Waals surface area contributed by atoms with Crippen molar-refractivity contribution in [3.8, 4) is 11.5 Å². The zero-order chi connectivity index (χ0) is 25.8. The molecule has 1 N–H and O–H groups in total. The molecule has 4 nitrogen and oxygen atoms in total. The van der Waals surface area contributed by atoms with E-state index in [2.05, 4.69) is 47.1 Å². The summed E-state index contributed by atoms with van der Waals surface area (Å²) >= 11 is 3.63. The molecule has 1 aliphatic heterocycles. The van der Waals surface area contributed by atoms with Gasteiger partial charge in [0.25, 0.3) is 0 Å².